The molecule has 1 aromatic carbocycles. The topological polar surface area (TPSA) is 72.6 Å². The van der Waals surface area contributed by atoms with Crippen molar-refractivity contribution in [1.29, 1.82) is 0 Å². The van der Waals surface area contributed by atoms with Gasteiger partial charge >= 0.3 is 6.18 Å². The molecule has 0 N–H and O–H groups in total. The molecule has 0 spiro atoms. The number of aromatic nitrogens is 6. The van der Waals surface area contributed by atoms with Crippen LogP contribution in [0.5, 0.6) is 0 Å². The van der Waals surface area contributed by atoms with Crippen molar-refractivity contribution in [3.8, 4) is 5.95 Å². The van der Waals surface area contributed by atoms with E-state index in [0.29, 0.717) is 26.4 Å². The van der Waals surface area contributed by atoms with Gasteiger partial charge in [-0.15, -0.1) is 0 Å². The fourth-order valence-corrected chi connectivity index (χ4v) is 3.82. The van der Waals surface area contributed by atoms with Gasteiger partial charge in [-0.05, 0) is 53.8 Å². The third kappa shape index (κ3) is 3.68. The molecule has 0 aliphatic rings. The summed E-state index contributed by atoms with van der Waals surface area (Å²) in [5, 5.41) is 4.61. The summed E-state index contributed by atoms with van der Waals surface area (Å²) in [5.74, 6) is 0.911. The van der Waals surface area contributed by atoms with Crippen molar-refractivity contribution in [2.24, 2.45) is 0 Å². The van der Waals surface area contributed by atoms with E-state index < -0.39 is 11.7 Å². The maximum atomic E-state index is 13.6. The molecule has 0 amide bonds. The largest absolute Gasteiger partial charge is 0.418 e. The molecular formula is C19H15F3IN7. The predicted molar refractivity (Wildman–Crippen MR) is 113 cm³/mol. The van der Waals surface area contributed by atoms with E-state index in [1.165, 1.54) is 17.2 Å². The molecule has 4 aromatic rings. The minimum absolute atomic E-state index is 0.0904. The van der Waals surface area contributed by atoms with Crippen LogP contribution in [-0.4, -0.2) is 36.8 Å². The van der Waals surface area contributed by atoms with Crippen molar-refractivity contribution in [1.82, 2.24) is 29.7 Å². The molecule has 11 heteroatoms. The summed E-state index contributed by atoms with van der Waals surface area (Å²) in [5.41, 5.74) is -0.250. The first-order valence-electron chi connectivity index (χ1n) is 8.83. The summed E-state index contributed by atoms with van der Waals surface area (Å²) in [6.07, 6.45) is 1.47. The quantitative estimate of drug-likeness (QED) is 0.368. The molecule has 0 saturated heterocycles. The molecule has 1 atom stereocenters. The second-order valence-corrected chi connectivity index (χ2v) is 7.79. The van der Waals surface area contributed by atoms with Gasteiger partial charge in [-0.3, -0.25) is 4.98 Å². The highest BCUT2D eigenvalue weighted by molar-refractivity contribution is 14.1. The van der Waals surface area contributed by atoms with Gasteiger partial charge in [-0.2, -0.15) is 23.0 Å². The Hall–Kier alpha value is -2.83. The van der Waals surface area contributed by atoms with Crippen molar-refractivity contribution >= 4 is 39.2 Å². The first-order valence-corrected chi connectivity index (χ1v) is 9.91. The van der Waals surface area contributed by atoms with Crippen LogP contribution in [0.25, 0.3) is 16.9 Å². The molecule has 3 heterocycles. The van der Waals surface area contributed by atoms with E-state index >= 15 is 0 Å². The van der Waals surface area contributed by atoms with Crippen LogP contribution < -0.4 is 4.90 Å². The van der Waals surface area contributed by atoms with Crippen molar-refractivity contribution < 1.29 is 13.2 Å². The number of benzene rings is 1. The highest BCUT2D eigenvalue weighted by Crippen LogP contribution is 2.39. The number of hydrogen-bond acceptors (Lipinski definition) is 6. The molecule has 3 aromatic heterocycles. The first-order chi connectivity index (χ1) is 14.3. The van der Waals surface area contributed by atoms with Gasteiger partial charge < -0.3 is 4.90 Å². The lowest BCUT2D eigenvalue weighted by Gasteiger charge is -2.27. The number of alkyl halides is 3. The van der Waals surface area contributed by atoms with Gasteiger partial charge in [0.1, 0.15) is 6.33 Å². The zero-order valence-corrected chi connectivity index (χ0v) is 18.0. The zero-order valence-electron chi connectivity index (χ0n) is 15.8. The van der Waals surface area contributed by atoms with Gasteiger partial charge in [0, 0.05) is 40.3 Å². The predicted octanol–water partition coefficient (Wildman–Crippen LogP) is 4.43. The van der Waals surface area contributed by atoms with Crippen molar-refractivity contribution in [2.75, 3.05) is 11.9 Å². The summed E-state index contributed by atoms with van der Waals surface area (Å²) >= 11 is 1.89. The molecule has 0 fully saturated rings. The van der Waals surface area contributed by atoms with Gasteiger partial charge in [-0.1, -0.05) is 0 Å². The number of hydrogen-bond donors (Lipinski definition) is 0. The van der Waals surface area contributed by atoms with Crippen LogP contribution in [0.1, 0.15) is 24.4 Å². The second kappa shape index (κ2) is 7.78. The Labute approximate surface area is 183 Å². The maximum absolute atomic E-state index is 13.6. The Morgan fingerprint density at radius 2 is 1.80 bits per heavy atom. The second-order valence-electron chi connectivity index (χ2n) is 6.54. The molecule has 30 heavy (non-hydrogen) atoms. The lowest BCUT2D eigenvalue weighted by molar-refractivity contribution is -0.136. The Kier molecular flexibility index (Phi) is 5.30. The molecular weight excluding hydrogens is 510 g/mol. The van der Waals surface area contributed by atoms with Crippen LogP contribution in [0.2, 0.25) is 0 Å². The maximum Gasteiger partial charge on any atom is 0.418 e. The number of nitrogens with zero attached hydrogens (tertiary/aromatic N) is 7. The molecule has 0 saturated carbocycles. The van der Waals surface area contributed by atoms with Crippen molar-refractivity contribution in [3.63, 3.8) is 0 Å². The fourth-order valence-electron chi connectivity index (χ4n) is 3.20. The number of fused-ring (bicyclic) bond motifs is 1. The van der Waals surface area contributed by atoms with Crippen LogP contribution in [0.3, 0.4) is 0 Å². The molecule has 0 aliphatic heterocycles. The molecule has 4 rings (SSSR count). The van der Waals surface area contributed by atoms with Crippen LogP contribution in [0.15, 0.2) is 49.2 Å². The minimum atomic E-state index is -4.50. The van der Waals surface area contributed by atoms with E-state index in [1.807, 2.05) is 34.4 Å². The average molecular weight is 525 g/mol. The Bertz CT molecular complexity index is 1190. The molecule has 0 bridgehead atoms. The summed E-state index contributed by atoms with van der Waals surface area (Å²) in [4.78, 5) is 18.6. The Morgan fingerprint density at radius 3 is 2.50 bits per heavy atom. The third-order valence-corrected chi connectivity index (χ3v) is 5.37. The van der Waals surface area contributed by atoms with Crippen LogP contribution in [-0.2, 0) is 6.18 Å². The van der Waals surface area contributed by atoms with Crippen LogP contribution >= 0.6 is 22.6 Å². The molecule has 0 aliphatic carbocycles. The summed E-state index contributed by atoms with van der Waals surface area (Å²) in [7, 11) is 1.79. The van der Waals surface area contributed by atoms with E-state index in [4.69, 9.17) is 0 Å². The highest BCUT2D eigenvalue weighted by Gasteiger charge is 2.34. The Balaban J connectivity index is 1.81. The van der Waals surface area contributed by atoms with Gasteiger partial charge in [0.15, 0.2) is 5.82 Å². The lowest BCUT2D eigenvalue weighted by Crippen LogP contribution is -2.25. The summed E-state index contributed by atoms with van der Waals surface area (Å²) in [6, 6.07) is 5.84. The lowest BCUT2D eigenvalue weighted by atomic mass is 10.1. The molecule has 0 unspecified atom stereocenters. The van der Waals surface area contributed by atoms with E-state index in [9.17, 15) is 13.2 Å². The zero-order chi connectivity index (χ0) is 21.5. The van der Waals surface area contributed by atoms with Gasteiger partial charge in [0.05, 0.1) is 17.1 Å². The number of pyridine rings is 1. The van der Waals surface area contributed by atoms with Gasteiger partial charge in [0.2, 0.25) is 0 Å². The number of rotatable bonds is 4. The third-order valence-electron chi connectivity index (χ3n) is 4.74. The normalized spacial score (nSPS) is 12.9. The van der Waals surface area contributed by atoms with E-state index in [-0.39, 0.29) is 11.6 Å². The number of anilines is 1. The van der Waals surface area contributed by atoms with E-state index in [1.54, 1.807) is 37.6 Å². The monoisotopic (exact) mass is 525 g/mol. The highest BCUT2D eigenvalue weighted by atomic mass is 127. The molecule has 0 radical (unpaired) electrons. The van der Waals surface area contributed by atoms with Gasteiger partial charge in [-0.25, -0.2) is 15.0 Å². The van der Waals surface area contributed by atoms with E-state index in [0.717, 1.165) is 6.07 Å². The number of halogens is 4. The fraction of sp³-hybridized carbons (Fsp3) is 0.211. The summed E-state index contributed by atoms with van der Waals surface area (Å²) < 4.78 is 42.7. The summed E-state index contributed by atoms with van der Waals surface area (Å²) in [6.45, 7) is 1.88. The first kappa shape index (κ1) is 20.4. The van der Waals surface area contributed by atoms with Crippen molar-refractivity contribution in [2.45, 2.75) is 19.1 Å². The standard InChI is InChI=1S/C19H15F3IN7/c1-11(17-27-10-28-30(17)18-25-5-3-6-26-18)29(2)15-4-7-24-16-13(15)8-12(23)9-14(16)19(20,21)22/h3-11H,1-2H3/t11-/m0/s1. The molecule has 154 valence electrons. The van der Waals surface area contributed by atoms with Crippen LogP contribution in [0, 0.1) is 3.57 Å². The smallest absolute Gasteiger partial charge is 0.364 e. The molecule has 7 nitrogen and oxygen atoms in total. The average Bonchev–Trinajstić information content (AvgIpc) is 3.21. The Morgan fingerprint density at radius 1 is 1.07 bits per heavy atom. The minimum Gasteiger partial charge on any atom is -0.364 e. The van der Waals surface area contributed by atoms with Crippen molar-refractivity contribution in [3.05, 3.63) is 64.1 Å². The van der Waals surface area contributed by atoms with E-state index in [2.05, 4.69) is 25.0 Å². The SMILES string of the molecule is C[C@@H](c1ncnn1-c1ncccn1)N(C)c1ccnc2c(C(F)(F)F)cc(I)cc12. The van der Waals surface area contributed by atoms with Crippen LogP contribution in [0.4, 0.5) is 18.9 Å². The van der Waals surface area contributed by atoms with Gasteiger partial charge in [0.25, 0.3) is 5.95 Å².